The summed E-state index contributed by atoms with van der Waals surface area (Å²) in [5, 5.41) is 7.47. The predicted octanol–water partition coefficient (Wildman–Crippen LogP) is 1.41. The zero-order valence-electron chi connectivity index (χ0n) is 6.35. The fourth-order valence-electron chi connectivity index (χ4n) is 0.910. The second kappa shape index (κ2) is 3.36. The summed E-state index contributed by atoms with van der Waals surface area (Å²) in [5.41, 5.74) is 0.304. The van der Waals surface area contributed by atoms with Crippen LogP contribution in [0.2, 0.25) is 0 Å². The minimum atomic E-state index is -0.552. The Balaban J connectivity index is 2.52. The molecule has 0 bridgehead atoms. The van der Waals surface area contributed by atoms with Gasteiger partial charge < -0.3 is 0 Å². The summed E-state index contributed by atoms with van der Waals surface area (Å²) in [7, 11) is 0. The molecule has 0 aliphatic heterocycles. The van der Waals surface area contributed by atoms with Crippen molar-refractivity contribution in [3.05, 3.63) is 34.2 Å². The third-order valence-corrected chi connectivity index (χ3v) is 1.95. The van der Waals surface area contributed by atoms with E-state index in [0.717, 1.165) is 0 Å². The van der Waals surface area contributed by atoms with Gasteiger partial charge in [-0.15, -0.1) is 5.10 Å². The van der Waals surface area contributed by atoms with Crippen molar-refractivity contribution in [3.8, 4) is 5.69 Å². The van der Waals surface area contributed by atoms with Gasteiger partial charge in [-0.25, -0.2) is 9.67 Å². The van der Waals surface area contributed by atoms with Crippen molar-refractivity contribution in [2.45, 2.75) is 0 Å². The van der Waals surface area contributed by atoms with Crippen LogP contribution in [0.5, 0.6) is 0 Å². The molecule has 13 heavy (non-hydrogen) atoms. The van der Waals surface area contributed by atoms with E-state index >= 15 is 0 Å². The number of hydrogen-bond donors (Lipinski definition) is 0. The molecular formula is C7H4FIN4. The molecule has 2 aromatic rings. The summed E-state index contributed by atoms with van der Waals surface area (Å²) >= 11 is 2.00. The van der Waals surface area contributed by atoms with Crippen LogP contribution in [0.15, 0.2) is 24.5 Å². The molecule has 0 unspecified atom stereocenters. The van der Waals surface area contributed by atoms with Crippen LogP contribution >= 0.6 is 22.6 Å². The van der Waals surface area contributed by atoms with Crippen LogP contribution in [0.25, 0.3) is 5.69 Å². The van der Waals surface area contributed by atoms with Gasteiger partial charge in [0.25, 0.3) is 0 Å². The molecule has 2 aromatic heterocycles. The fraction of sp³-hybridized carbons (Fsp3) is 0. The molecule has 4 nitrogen and oxygen atoms in total. The Morgan fingerprint density at radius 1 is 1.46 bits per heavy atom. The highest BCUT2D eigenvalue weighted by molar-refractivity contribution is 14.1. The average molecular weight is 290 g/mol. The minimum Gasteiger partial charge on any atom is -0.226 e. The smallest absolute Gasteiger partial charge is 0.226 e. The minimum absolute atomic E-state index is 0.304. The van der Waals surface area contributed by atoms with Crippen molar-refractivity contribution in [1.82, 2.24) is 20.0 Å². The Morgan fingerprint density at radius 2 is 2.31 bits per heavy atom. The van der Waals surface area contributed by atoms with Gasteiger partial charge in [0.05, 0.1) is 6.20 Å². The van der Waals surface area contributed by atoms with E-state index in [0.29, 0.717) is 9.39 Å². The van der Waals surface area contributed by atoms with Gasteiger partial charge in [-0.1, -0.05) is 5.21 Å². The maximum absolute atomic E-state index is 13.1. The van der Waals surface area contributed by atoms with Crippen molar-refractivity contribution in [3.63, 3.8) is 0 Å². The Labute approximate surface area is 86.9 Å². The van der Waals surface area contributed by atoms with Crippen molar-refractivity contribution >= 4 is 22.6 Å². The molecule has 0 saturated heterocycles. The lowest BCUT2D eigenvalue weighted by Gasteiger charge is -1.98. The van der Waals surface area contributed by atoms with Crippen LogP contribution in [0, 0.1) is 9.65 Å². The summed E-state index contributed by atoms with van der Waals surface area (Å²) in [5.74, 6) is -0.552. The van der Waals surface area contributed by atoms with Gasteiger partial charge in [0.1, 0.15) is 9.39 Å². The van der Waals surface area contributed by atoms with E-state index in [-0.39, 0.29) is 0 Å². The number of hydrogen-bond acceptors (Lipinski definition) is 3. The van der Waals surface area contributed by atoms with E-state index in [9.17, 15) is 4.39 Å². The normalized spacial score (nSPS) is 10.3. The number of halogens is 2. The van der Waals surface area contributed by atoms with E-state index in [4.69, 9.17) is 0 Å². The zero-order chi connectivity index (χ0) is 9.26. The van der Waals surface area contributed by atoms with Gasteiger partial charge in [0.2, 0.25) is 5.95 Å². The average Bonchev–Trinajstić information content (AvgIpc) is 2.53. The lowest BCUT2D eigenvalue weighted by molar-refractivity contribution is 0.566. The fourth-order valence-corrected chi connectivity index (χ4v) is 1.27. The monoisotopic (exact) mass is 290 g/mol. The quantitative estimate of drug-likeness (QED) is 0.589. The van der Waals surface area contributed by atoms with Gasteiger partial charge in [-0.05, 0) is 34.7 Å². The molecule has 0 aromatic carbocycles. The van der Waals surface area contributed by atoms with E-state index in [1.54, 1.807) is 18.3 Å². The Morgan fingerprint density at radius 3 is 2.92 bits per heavy atom. The topological polar surface area (TPSA) is 43.6 Å². The van der Waals surface area contributed by atoms with Gasteiger partial charge in [-0.3, -0.25) is 0 Å². The van der Waals surface area contributed by atoms with Gasteiger partial charge in [0, 0.05) is 6.20 Å². The summed E-state index contributed by atoms with van der Waals surface area (Å²) in [6, 6.07) is 3.24. The summed E-state index contributed by atoms with van der Waals surface area (Å²) in [6.45, 7) is 0. The molecular weight excluding hydrogens is 286 g/mol. The van der Waals surface area contributed by atoms with E-state index in [1.165, 1.54) is 10.9 Å². The zero-order valence-corrected chi connectivity index (χ0v) is 8.51. The lowest BCUT2D eigenvalue weighted by Crippen LogP contribution is -1.99. The highest BCUT2D eigenvalue weighted by Gasteiger charge is 2.05. The summed E-state index contributed by atoms with van der Waals surface area (Å²) in [6.07, 6.45) is 3.02. The molecule has 0 fully saturated rings. The molecule has 0 aliphatic rings. The third-order valence-electron chi connectivity index (χ3n) is 1.45. The molecule has 2 heterocycles. The summed E-state index contributed by atoms with van der Waals surface area (Å²) in [4.78, 5) is 3.51. The Hall–Kier alpha value is -1.05. The first kappa shape index (κ1) is 8.54. The van der Waals surface area contributed by atoms with Crippen molar-refractivity contribution in [1.29, 1.82) is 0 Å². The van der Waals surface area contributed by atoms with Crippen LogP contribution < -0.4 is 0 Å². The molecule has 0 amide bonds. The third kappa shape index (κ3) is 1.67. The van der Waals surface area contributed by atoms with Crippen LogP contribution in [-0.4, -0.2) is 20.0 Å². The van der Waals surface area contributed by atoms with Crippen LogP contribution in [0.1, 0.15) is 0 Å². The van der Waals surface area contributed by atoms with Crippen LogP contribution in [0.3, 0.4) is 0 Å². The largest absolute Gasteiger partial charge is 0.238 e. The second-order valence-corrected chi connectivity index (χ2v) is 3.40. The highest BCUT2D eigenvalue weighted by atomic mass is 127. The van der Waals surface area contributed by atoms with Crippen molar-refractivity contribution < 1.29 is 4.39 Å². The maximum atomic E-state index is 13.1. The second-order valence-electron chi connectivity index (χ2n) is 2.30. The van der Waals surface area contributed by atoms with Crippen molar-refractivity contribution in [2.24, 2.45) is 0 Å². The highest BCUT2D eigenvalue weighted by Crippen LogP contribution is 2.09. The molecule has 0 radical (unpaired) electrons. The number of nitrogens with zero attached hydrogens (tertiary/aromatic N) is 4. The van der Waals surface area contributed by atoms with E-state index in [1.807, 2.05) is 22.6 Å². The standard InChI is InChI=1S/C7H4FIN4/c8-7-5(2-1-3-10-7)13-4-6(9)11-12-13/h1-4H. The number of aromatic nitrogens is 4. The van der Waals surface area contributed by atoms with Crippen LogP contribution in [-0.2, 0) is 0 Å². The molecule has 0 atom stereocenters. The Kier molecular flexibility index (Phi) is 2.21. The van der Waals surface area contributed by atoms with Crippen LogP contribution in [0.4, 0.5) is 4.39 Å². The predicted molar refractivity (Wildman–Crippen MR) is 51.8 cm³/mol. The number of pyridine rings is 1. The number of rotatable bonds is 1. The van der Waals surface area contributed by atoms with Gasteiger partial charge in [-0.2, -0.15) is 4.39 Å². The Bertz CT molecular complexity index is 428. The van der Waals surface area contributed by atoms with Gasteiger partial charge in [0.15, 0.2) is 0 Å². The SMILES string of the molecule is Fc1ncccc1-n1cc(I)nn1. The van der Waals surface area contributed by atoms with Gasteiger partial charge >= 0.3 is 0 Å². The molecule has 0 N–H and O–H groups in total. The molecule has 0 aliphatic carbocycles. The van der Waals surface area contributed by atoms with E-state index in [2.05, 4.69) is 15.3 Å². The first-order valence-electron chi connectivity index (χ1n) is 3.46. The first-order valence-corrected chi connectivity index (χ1v) is 4.54. The summed E-state index contributed by atoms with van der Waals surface area (Å²) < 4.78 is 15.1. The molecule has 0 spiro atoms. The molecule has 2 rings (SSSR count). The lowest BCUT2D eigenvalue weighted by atomic mass is 10.4. The van der Waals surface area contributed by atoms with E-state index < -0.39 is 5.95 Å². The first-order chi connectivity index (χ1) is 6.27. The maximum Gasteiger partial charge on any atom is 0.238 e. The molecule has 66 valence electrons. The van der Waals surface area contributed by atoms with Crippen molar-refractivity contribution in [2.75, 3.05) is 0 Å². The molecule has 0 saturated carbocycles. The molecule has 6 heteroatoms.